The van der Waals surface area contributed by atoms with Gasteiger partial charge in [-0.2, -0.15) is 13.2 Å². The van der Waals surface area contributed by atoms with Gasteiger partial charge < -0.3 is 10.1 Å². The fourth-order valence-electron chi connectivity index (χ4n) is 1.46. The summed E-state index contributed by atoms with van der Waals surface area (Å²) in [6.45, 7) is 1.20. The van der Waals surface area contributed by atoms with Crippen LogP contribution in [0.3, 0.4) is 0 Å². The van der Waals surface area contributed by atoms with Crippen LogP contribution in [0.2, 0.25) is 0 Å². The summed E-state index contributed by atoms with van der Waals surface area (Å²) in [6.07, 6.45) is -1.87. The van der Waals surface area contributed by atoms with E-state index in [1.165, 1.54) is 25.0 Å². The summed E-state index contributed by atoms with van der Waals surface area (Å²) >= 11 is 0. The predicted octanol–water partition coefficient (Wildman–Crippen LogP) is 2.84. The molecular formula is C12H14F3NO. The number of halogens is 3. The smallest absolute Gasteiger partial charge is 0.416 e. The molecule has 1 aliphatic rings. The van der Waals surface area contributed by atoms with Gasteiger partial charge >= 0.3 is 6.18 Å². The molecule has 94 valence electrons. The Morgan fingerprint density at radius 3 is 2.35 bits per heavy atom. The van der Waals surface area contributed by atoms with Crippen LogP contribution >= 0.6 is 0 Å². The molecule has 1 N–H and O–H groups in total. The van der Waals surface area contributed by atoms with Crippen LogP contribution in [-0.2, 0) is 6.18 Å². The number of benzene rings is 1. The lowest BCUT2D eigenvalue weighted by Gasteiger charge is -2.09. The van der Waals surface area contributed by atoms with Gasteiger partial charge in [-0.1, -0.05) is 0 Å². The topological polar surface area (TPSA) is 21.3 Å². The molecule has 2 rings (SSSR count). The highest BCUT2D eigenvalue weighted by molar-refractivity contribution is 5.28. The van der Waals surface area contributed by atoms with Crippen molar-refractivity contribution >= 4 is 0 Å². The largest absolute Gasteiger partial charge is 0.492 e. The number of rotatable bonds is 5. The summed E-state index contributed by atoms with van der Waals surface area (Å²) in [6, 6.07) is 5.37. The van der Waals surface area contributed by atoms with E-state index in [4.69, 9.17) is 4.74 Å². The quantitative estimate of drug-likeness (QED) is 0.805. The van der Waals surface area contributed by atoms with Gasteiger partial charge in [0.15, 0.2) is 0 Å². The van der Waals surface area contributed by atoms with Crippen molar-refractivity contribution in [3.63, 3.8) is 0 Å². The van der Waals surface area contributed by atoms with Gasteiger partial charge in [0.1, 0.15) is 12.4 Å². The van der Waals surface area contributed by atoms with Crippen LogP contribution in [0.5, 0.6) is 5.75 Å². The van der Waals surface area contributed by atoms with Crippen LogP contribution in [0.25, 0.3) is 0 Å². The maximum absolute atomic E-state index is 12.3. The number of nitrogens with one attached hydrogen (secondary N) is 1. The molecule has 0 radical (unpaired) electrons. The third-order valence-corrected chi connectivity index (χ3v) is 2.56. The lowest BCUT2D eigenvalue weighted by Crippen LogP contribution is -2.22. The molecule has 0 aliphatic heterocycles. The second kappa shape index (κ2) is 4.96. The van der Waals surface area contributed by atoms with Crippen molar-refractivity contribution in [3.05, 3.63) is 29.8 Å². The Kier molecular flexibility index (Phi) is 3.57. The summed E-state index contributed by atoms with van der Waals surface area (Å²) in [5.41, 5.74) is -0.652. The first-order valence-electron chi connectivity index (χ1n) is 5.59. The number of hydrogen-bond acceptors (Lipinski definition) is 2. The molecule has 0 aromatic heterocycles. The molecule has 0 amide bonds. The van der Waals surface area contributed by atoms with Crippen molar-refractivity contribution in [2.75, 3.05) is 13.2 Å². The van der Waals surface area contributed by atoms with Gasteiger partial charge in [-0.15, -0.1) is 0 Å². The van der Waals surface area contributed by atoms with E-state index in [0.717, 1.165) is 18.7 Å². The Hall–Kier alpha value is -1.23. The standard InChI is InChI=1S/C12H14F3NO/c13-12(14,15)9-1-5-11(6-2-9)17-8-7-16-10-3-4-10/h1-2,5-6,10,16H,3-4,7-8H2. The number of hydrogen-bond donors (Lipinski definition) is 1. The fourth-order valence-corrected chi connectivity index (χ4v) is 1.46. The number of ether oxygens (including phenoxy) is 1. The minimum Gasteiger partial charge on any atom is -0.492 e. The molecule has 1 aromatic carbocycles. The molecular weight excluding hydrogens is 231 g/mol. The SMILES string of the molecule is FC(F)(F)c1ccc(OCCNC2CC2)cc1. The molecule has 0 heterocycles. The summed E-state index contributed by atoms with van der Waals surface area (Å²) in [7, 11) is 0. The van der Waals surface area contributed by atoms with Crippen molar-refractivity contribution in [3.8, 4) is 5.75 Å². The molecule has 0 spiro atoms. The number of alkyl halides is 3. The highest BCUT2D eigenvalue weighted by Gasteiger charge is 2.30. The van der Waals surface area contributed by atoms with Crippen molar-refractivity contribution in [1.82, 2.24) is 5.32 Å². The van der Waals surface area contributed by atoms with Gasteiger partial charge in [-0.3, -0.25) is 0 Å². The van der Waals surface area contributed by atoms with Crippen LogP contribution in [0.15, 0.2) is 24.3 Å². The summed E-state index contributed by atoms with van der Waals surface area (Å²) in [5.74, 6) is 0.468. The normalized spacial score (nSPS) is 15.9. The van der Waals surface area contributed by atoms with Gasteiger partial charge in [0, 0.05) is 12.6 Å². The Labute approximate surface area is 97.8 Å². The average molecular weight is 245 g/mol. The molecule has 1 aromatic rings. The fraction of sp³-hybridized carbons (Fsp3) is 0.500. The third-order valence-electron chi connectivity index (χ3n) is 2.56. The Balaban J connectivity index is 1.76. The Morgan fingerprint density at radius 1 is 1.18 bits per heavy atom. The molecule has 1 fully saturated rings. The van der Waals surface area contributed by atoms with Crippen molar-refractivity contribution in [2.45, 2.75) is 25.1 Å². The Morgan fingerprint density at radius 2 is 1.82 bits per heavy atom. The maximum Gasteiger partial charge on any atom is 0.416 e. The first kappa shape index (κ1) is 12.2. The van der Waals surface area contributed by atoms with E-state index < -0.39 is 11.7 Å². The lowest BCUT2D eigenvalue weighted by molar-refractivity contribution is -0.137. The Bertz CT molecular complexity index is 357. The molecule has 0 atom stereocenters. The van der Waals surface area contributed by atoms with E-state index in [2.05, 4.69) is 5.32 Å². The molecule has 0 bridgehead atoms. The van der Waals surface area contributed by atoms with Crippen molar-refractivity contribution in [2.24, 2.45) is 0 Å². The van der Waals surface area contributed by atoms with Crippen molar-refractivity contribution < 1.29 is 17.9 Å². The zero-order valence-electron chi connectivity index (χ0n) is 9.26. The minimum absolute atomic E-state index is 0.468. The van der Waals surface area contributed by atoms with Crippen LogP contribution < -0.4 is 10.1 Å². The molecule has 2 nitrogen and oxygen atoms in total. The molecule has 5 heteroatoms. The van der Waals surface area contributed by atoms with Crippen molar-refractivity contribution in [1.29, 1.82) is 0 Å². The zero-order chi connectivity index (χ0) is 12.3. The first-order chi connectivity index (χ1) is 8.05. The predicted molar refractivity (Wildman–Crippen MR) is 58.0 cm³/mol. The van der Waals surface area contributed by atoms with Gasteiger partial charge in [0.2, 0.25) is 0 Å². The maximum atomic E-state index is 12.3. The van der Waals surface area contributed by atoms with Crippen LogP contribution in [0, 0.1) is 0 Å². The van der Waals surface area contributed by atoms with E-state index in [-0.39, 0.29) is 0 Å². The van der Waals surface area contributed by atoms with Crippen LogP contribution in [0.1, 0.15) is 18.4 Å². The van der Waals surface area contributed by atoms with E-state index in [1.807, 2.05) is 0 Å². The van der Waals surface area contributed by atoms with E-state index in [0.29, 0.717) is 18.4 Å². The highest BCUT2D eigenvalue weighted by Crippen LogP contribution is 2.30. The second-order valence-corrected chi connectivity index (χ2v) is 4.10. The lowest BCUT2D eigenvalue weighted by atomic mass is 10.2. The zero-order valence-corrected chi connectivity index (χ0v) is 9.26. The van der Waals surface area contributed by atoms with Gasteiger partial charge in [0.05, 0.1) is 5.56 Å². The van der Waals surface area contributed by atoms with Gasteiger partial charge in [-0.05, 0) is 37.1 Å². The van der Waals surface area contributed by atoms with Crippen LogP contribution in [-0.4, -0.2) is 19.2 Å². The first-order valence-corrected chi connectivity index (χ1v) is 5.59. The van der Waals surface area contributed by atoms with E-state index in [1.54, 1.807) is 0 Å². The second-order valence-electron chi connectivity index (χ2n) is 4.10. The molecule has 0 saturated heterocycles. The third kappa shape index (κ3) is 3.93. The van der Waals surface area contributed by atoms with Gasteiger partial charge in [0.25, 0.3) is 0 Å². The van der Waals surface area contributed by atoms with E-state index >= 15 is 0 Å². The monoisotopic (exact) mass is 245 g/mol. The molecule has 0 unspecified atom stereocenters. The highest BCUT2D eigenvalue weighted by atomic mass is 19.4. The van der Waals surface area contributed by atoms with Gasteiger partial charge in [-0.25, -0.2) is 0 Å². The van der Waals surface area contributed by atoms with E-state index in [9.17, 15) is 13.2 Å². The van der Waals surface area contributed by atoms with Crippen LogP contribution in [0.4, 0.5) is 13.2 Å². The molecule has 1 aliphatic carbocycles. The summed E-state index contributed by atoms with van der Waals surface area (Å²) in [5, 5.41) is 3.26. The summed E-state index contributed by atoms with van der Waals surface area (Å²) < 4.78 is 42.1. The molecule has 1 saturated carbocycles. The average Bonchev–Trinajstić information content (AvgIpc) is 3.08. The summed E-state index contributed by atoms with van der Waals surface area (Å²) in [4.78, 5) is 0. The minimum atomic E-state index is -4.29. The molecule has 17 heavy (non-hydrogen) atoms.